The Morgan fingerprint density at radius 1 is 0.931 bits per heavy atom. The minimum Gasteiger partial charge on any atom is -0.489 e. The van der Waals surface area contributed by atoms with Gasteiger partial charge in [0.05, 0.1) is 10.0 Å². The topological polar surface area (TPSA) is 47.9 Å². The number of esters is 1. The van der Waals surface area contributed by atoms with Gasteiger partial charge in [-0.05, 0) is 53.6 Å². The molecule has 1 aliphatic rings. The maximum Gasteiger partial charge on any atom is 0.363 e. The fourth-order valence-electron chi connectivity index (χ4n) is 2.76. The Morgan fingerprint density at radius 2 is 1.76 bits per heavy atom. The monoisotopic (exact) mass is 423 g/mol. The molecule has 0 atom stereocenters. The van der Waals surface area contributed by atoms with E-state index >= 15 is 0 Å². The standard InChI is InChI=1S/C23H15Cl2NO3/c24-19-10-9-16(12-20(19)25)14-28-18-8-4-5-15(11-18)13-21-23(27)29-22(26-21)17-6-2-1-3-7-17/h1-13H,14H2/b21-13-. The van der Waals surface area contributed by atoms with E-state index in [4.69, 9.17) is 32.7 Å². The molecule has 1 heterocycles. The van der Waals surface area contributed by atoms with E-state index in [0.717, 1.165) is 16.7 Å². The quantitative estimate of drug-likeness (QED) is 0.378. The lowest BCUT2D eigenvalue weighted by Crippen LogP contribution is -2.04. The normalized spacial score (nSPS) is 14.6. The molecular weight excluding hydrogens is 409 g/mol. The third-order valence-corrected chi connectivity index (χ3v) is 4.93. The first-order chi connectivity index (χ1) is 14.1. The number of nitrogens with zero attached hydrogens (tertiary/aromatic N) is 1. The van der Waals surface area contributed by atoms with E-state index in [1.165, 1.54) is 0 Å². The van der Waals surface area contributed by atoms with Gasteiger partial charge in [-0.3, -0.25) is 0 Å². The van der Waals surface area contributed by atoms with Crippen molar-refractivity contribution >= 4 is 41.1 Å². The number of benzene rings is 3. The molecule has 0 saturated carbocycles. The summed E-state index contributed by atoms with van der Waals surface area (Å²) < 4.78 is 11.1. The zero-order chi connectivity index (χ0) is 20.2. The van der Waals surface area contributed by atoms with Crippen molar-refractivity contribution in [1.29, 1.82) is 0 Å². The molecule has 0 aliphatic carbocycles. The van der Waals surface area contributed by atoms with E-state index in [0.29, 0.717) is 28.3 Å². The van der Waals surface area contributed by atoms with Gasteiger partial charge in [-0.25, -0.2) is 9.79 Å². The molecule has 1 aliphatic heterocycles. The van der Waals surface area contributed by atoms with Crippen LogP contribution in [-0.2, 0) is 16.1 Å². The molecule has 3 aromatic carbocycles. The summed E-state index contributed by atoms with van der Waals surface area (Å²) in [4.78, 5) is 16.5. The predicted octanol–water partition coefficient (Wildman–Crippen LogP) is 5.92. The van der Waals surface area contributed by atoms with Gasteiger partial charge < -0.3 is 9.47 Å². The van der Waals surface area contributed by atoms with Crippen LogP contribution in [0.5, 0.6) is 5.75 Å². The van der Waals surface area contributed by atoms with Gasteiger partial charge in [0.2, 0.25) is 5.90 Å². The highest BCUT2D eigenvalue weighted by Crippen LogP contribution is 2.24. The third kappa shape index (κ3) is 4.67. The maximum atomic E-state index is 12.2. The molecule has 0 saturated heterocycles. The molecule has 0 radical (unpaired) electrons. The molecule has 0 unspecified atom stereocenters. The average Bonchev–Trinajstić information content (AvgIpc) is 3.10. The van der Waals surface area contributed by atoms with Gasteiger partial charge >= 0.3 is 5.97 Å². The third-order valence-electron chi connectivity index (χ3n) is 4.19. The van der Waals surface area contributed by atoms with Crippen molar-refractivity contribution in [3.05, 3.63) is 105 Å². The summed E-state index contributed by atoms with van der Waals surface area (Å²) in [5.74, 6) is 0.476. The van der Waals surface area contributed by atoms with E-state index in [2.05, 4.69) is 4.99 Å². The van der Waals surface area contributed by atoms with E-state index in [9.17, 15) is 4.79 Å². The van der Waals surface area contributed by atoms with Crippen LogP contribution in [0.1, 0.15) is 16.7 Å². The Morgan fingerprint density at radius 3 is 2.55 bits per heavy atom. The van der Waals surface area contributed by atoms with E-state index in [-0.39, 0.29) is 5.70 Å². The van der Waals surface area contributed by atoms with Gasteiger partial charge in [-0.15, -0.1) is 0 Å². The lowest BCUT2D eigenvalue weighted by molar-refractivity contribution is -0.129. The molecule has 0 aromatic heterocycles. The van der Waals surface area contributed by atoms with E-state index < -0.39 is 5.97 Å². The number of cyclic esters (lactones) is 1. The number of aliphatic imine (C=N–C) groups is 1. The van der Waals surface area contributed by atoms with Crippen molar-refractivity contribution in [1.82, 2.24) is 0 Å². The predicted molar refractivity (Wildman–Crippen MR) is 114 cm³/mol. The van der Waals surface area contributed by atoms with Crippen LogP contribution in [0, 0.1) is 0 Å². The van der Waals surface area contributed by atoms with E-state index in [1.54, 1.807) is 18.2 Å². The summed E-state index contributed by atoms with van der Waals surface area (Å²) >= 11 is 12.0. The summed E-state index contributed by atoms with van der Waals surface area (Å²) in [6.45, 7) is 0.343. The molecule has 29 heavy (non-hydrogen) atoms. The summed E-state index contributed by atoms with van der Waals surface area (Å²) in [5.41, 5.74) is 2.68. The molecule has 0 spiro atoms. The van der Waals surface area contributed by atoms with Crippen LogP contribution in [0.25, 0.3) is 6.08 Å². The Hall–Kier alpha value is -3.08. The number of carbonyl (C=O) groups is 1. The molecular formula is C23H15Cl2NO3. The van der Waals surface area contributed by atoms with Crippen molar-refractivity contribution in [3.63, 3.8) is 0 Å². The fraction of sp³-hybridized carbons (Fsp3) is 0.0435. The molecule has 0 fully saturated rings. The van der Waals surface area contributed by atoms with Gasteiger partial charge in [0.15, 0.2) is 5.70 Å². The number of hydrogen-bond donors (Lipinski definition) is 0. The Bertz CT molecular complexity index is 1120. The zero-order valence-electron chi connectivity index (χ0n) is 15.1. The van der Waals surface area contributed by atoms with Crippen molar-refractivity contribution in [2.45, 2.75) is 6.61 Å². The fourth-order valence-corrected chi connectivity index (χ4v) is 3.08. The van der Waals surface area contributed by atoms with Crippen molar-refractivity contribution in [2.24, 2.45) is 4.99 Å². The van der Waals surface area contributed by atoms with Crippen molar-refractivity contribution in [3.8, 4) is 5.75 Å². The number of carbonyl (C=O) groups excluding carboxylic acids is 1. The highest BCUT2D eigenvalue weighted by Gasteiger charge is 2.23. The lowest BCUT2D eigenvalue weighted by Gasteiger charge is -2.08. The smallest absolute Gasteiger partial charge is 0.363 e. The van der Waals surface area contributed by atoms with Crippen LogP contribution in [-0.4, -0.2) is 11.9 Å². The minimum absolute atomic E-state index is 0.241. The second kappa shape index (κ2) is 8.52. The SMILES string of the molecule is O=C1OC(c2ccccc2)=N/C1=C\c1cccc(OCc2ccc(Cl)c(Cl)c2)c1. The number of halogens is 2. The summed E-state index contributed by atoms with van der Waals surface area (Å²) in [7, 11) is 0. The van der Waals surface area contributed by atoms with Crippen LogP contribution in [0.3, 0.4) is 0 Å². The second-order valence-electron chi connectivity index (χ2n) is 6.31. The molecule has 0 bridgehead atoms. The maximum absolute atomic E-state index is 12.2. The van der Waals surface area contributed by atoms with Crippen molar-refractivity contribution in [2.75, 3.05) is 0 Å². The lowest BCUT2D eigenvalue weighted by atomic mass is 10.2. The first-order valence-electron chi connectivity index (χ1n) is 8.83. The number of rotatable bonds is 5. The van der Waals surface area contributed by atoms with Gasteiger partial charge in [0, 0.05) is 5.56 Å². The zero-order valence-corrected chi connectivity index (χ0v) is 16.7. The molecule has 6 heteroatoms. The van der Waals surface area contributed by atoms with Crippen LogP contribution in [0.4, 0.5) is 0 Å². The highest BCUT2D eigenvalue weighted by atomic mass is 35.5. The summed E-state index contributed by atoms with van der Waals surface area (Å²) in [6, 6.07) is 22.0. The molecule has 0 amide bonds. The largest absolute Gasteiger partial charge is 0.489 e. The summed E-state index contributed by atoms with van der Waals surface area (Å²) in [6.07, 6.45) is 1.67. The van der Waals surface area contributed by atoms with Gasteiger partial charge in [-0.1, -0.05) is 59.6 Å². The molecule has 144 valence electrons. The summed E-state index contributed by atoms with van der Waals surface area (Å²) in [5, 5.41) is 0.987. The molecule has 0 N–H and O–H groups in total. The van der Waals surface area contributed by atoms with Crippen LogP contribution >= 0.6 is 23.2 Å². The highest BCUT2D eigenvalue weighted by molar-refractivity contribution is 6.42. The van der Waals surface area contributed by atoms with E-state index in [1.807, 2.05) is 60.7 Å². The first kappa shape index (κ1) is 19.2. The second-order valence-corrected chi connectivity index (χ2v) is 7.13. The molecule has 4 nitrogen and oxygen atoms in total. The Balaban J connectivity index is 1.50. The Labute approximate surface area is 178 Å². The van der Waals surface area contributed by atoms with Gasteiger partial charge in [0.25, 0.3) is 0 Å². The average molecular weight is 424 g/mol. The van der Waals surface area contributed by atoms with Crippen LogP contribution in [0.15, 0.2) is 83.5 Å². The van der Waals surface area contributed by atoms with Crippen LogP contribution in [0.2, 0.25) is 10.0 Å². The van der Waals surface area contributed by atoms with Gasteiger partial charge in [-0.2, -0.15) is 0 Å². The number of ether oxygens (including phenoxy) is 2. The minimum atomic E-state index is -0.481. The van der Waals surface area contributed by atoms with Crippen LogP contribution < -0.4 is 4.74 Å². The molecule has 3 aromatic rings. The van der Waals surface area contributed by atoms with Gasteiger partial charge in [0.1, 0.15) is 12.4 Å². The number of hydrogen-bond acceptors (Lipinski definition) is 4. The first-order valence-corrected chi connectivity index (χ1v) is 9.59. The molecule has 4 rings (SSSR count). The Kier molecular flexibility index (Phi) is 5.65. The van der Waals surface area contributed by atoms with Crippen molar-refractivity contribution < 1.29 is 14.3 Å².